The molecule has 5 heteroatoms. The summed E-state index contributed by atoms with van der Waals surface area (Å²) in [5, 5.41) is 12.1. The number of amides is 1. The molecule has 0 aliphatic carbocycles. The number of methoxy groups -OCH3 is 1. The van der Waals surface area contributed by atoms with Crippen LogP contribution in [-0.4, -0.2) is 24.7 Å². The van der Waals surface area contributed by atoms with E-state index in [1.807, 2.05) is 6.07 Å². The maximum absolute atomic E-state index is 12.2. The molecule has 2 aromatic rings. The molecule has 0 spiro atoms. The van der Waals surface area contributed by atoms with Crippen LogP contribution < -0.4 is 5.32 Å². The van der Waals surface area contributed by atoms with Gasteiger partial charge in [0.25, 0.3) is 5.91 Å². The van der Waals surface area contributed by atoms with Crippen LogP contribution in [-0.2, 0) is 11.3 Å². The van der Waals surface area contributed by atoms with Gasteiger partial charge in [0, 0.05) is 12.7 Å². The van der Waals surface area contributed by atoms with Crippen molar-refractivity contribution in [1.82, 2.24) is 5.32 Å². The highest BCUT2D eigenvalue weighted by Crippen LogP contribution is 2.14. The van der Waals surface area contributed by atoms with Crippen LogP contribution in [0.2, 0.25) is 0 Å². The summed E-state index contributed by atoms with van der Waals surface area (Å²) in [6, 6.07) is 10.0. The monoisotopic (exact) mass is 275 g/mol. The van der Waals surface area contributed by atoms with Gasteiger partial charge in [-0.2, -0.15) is 0 Å². The lowest BCUT2D eigenvalue weighted by molar-refractivity contribution is 0.0907. The Kier molecular flexibility index (Phi) is 4.92. The molecule has 5 nitrogen and oxygen atoms in total. The van der Waals surface area contributed by atoms with E-state index in [1.165, 1.54) is 6.26 Å². The van der Waals surface area contributed by atoms with Crippen molar-refractivity contribution in [1.29, 1.82) is 0 Å². The third kappa shape index (κ3) is 3.46. The van der Waals surface area contributed by atoms with E-state index in [1.54, 1.807) is 37.4 Å². The van der Waals surface area contributed by atoms with E-state index >= 15 is 0 Å². The standard InChI is InChI=1S/C15H17NO4/c1-19-10-11-4-2-5-12(8-11)15(18)16-13(9-17)14-6-3-7-20-14/h2-8,13,17H,9-10H2,1H3,(H,16,18). The normalized spacial score (nSPS) is 12.1. The van der Waals surface area contributed by atoms with Gasteiger partial charge in [-0.3, -0.25) is 4.79 Å². The van der Waals surface area contributed by atoms with Crippen LogP contribution in [0.25, 0.3) is 0 Å². The molecule has 1 unspecified atom stereocenters. The van der Waals surface area contributed by atoms with E-state index in [-0.39, 0.29) is 12.5 Å². The van der Waals surface area contributed by atoms with Gasteiger partial charge in [-0.15, -0.1) is 0 Å². The van der Waals surface area contributed by atoms with Gasteiger partial charge in [-0.1, -0.05) is 12.1 Å². The number of ether oxygens (including phenoxy) is 1. The Balaban J connectivity index is 2.09. The topological polar surface area (TPSA) is 71.7 Å². The largest absolute Gasteiger partial charge is 0.467 e. The zero-order valence-electron chi connectivity index (χ0n) is 11.2. The van der Waals surface area contributed by atoms with E-state index in [2.05, 4.69) is 5.32 Å². The lowest BCUT2D eigenvalue weighted by atomic mass is 10.1. The number of carbonyl (C=O) groups is 1. The van der Waals surface area contributed by atoms with Gasteiger partial charge in [-0.05, 0) is 29.8 Å². The molecule has 0 saturated heterocycles. The number of nitrogens with one attached hydrogen (secondary N) is 1. The van der Waals surface area contributed by atoms with Crippen LogP contribution in [0.15, 0.2) is 47.1 Å². The number of aliphatic hydroxyl groups excluding tert-OH is 1. The molecule has 0 bridgehead atoms. The van der Waals surface area contributed by atoms with Gasteiger partial charge in [-0.25, -0.2) is 0 Å². The van der Waals surface area contributed by atoms with Gasteiger partial charge < -0.3 is 19.6 Å². The minimum Gasteiger partial charge on any atom is -0.467 e. The highest BCUT2D eigenvalue weighted by molar-refractivity contribution is 5.94. The van der Waals surface area contributed by atoms with Crippen molar-refractivity contribution in [2.75, 3.05) is 13.7 Å². The van der Waals surface area contributed by atoms with Crippen molar-refractivity contribution in [3.63, 3.8) is 0 Å². The number of rotatable bonds is 6. The van der Waals surface area contributed by atoms with Crippen molar-refractivity contribution in [2.24, 2.45) is 0 Å². The first-order valence-corrected chi connectivity index (χ1v) is 6.27. The van der Waals surface area contributed by atoms with Crippen LogP contribution >= 0.6 is 0 Å². The zero-order valence-corrected chi connectivity index (χ0v) is 11.2. The fourth-order valence-corrected chi connectivity index (χ4v) is 1.91. The summed E-state index contributed by atoms with van der Waals surface area (Å²) in [7, 11) is 1.60. The van der Waals surface area contributed by atoms with E-state index in [9.17, 15) is 9.90 Å². The van der Waals surface area contributed by atoms with Crippen molar-refractivity contribution < 1.29 is 19.1 Å². The van der Waals surface area contributed by atoms with Gasteiger partial charge in [0.2, 0.25) is 0 Å². The maximum atomic E-state index is 12.2. The van der Waals surface area contributed by atoms with Crippen molar-refractivity contribution in [2.45, 2.75) is 12.6 Å². The Bertz CT molecular complexity index is 551. The highest BCUT2D eigenvalue weighted by atomic mass is 16.5. The molecule has 2 rings (SSSR count). The molecule has 1 amide bonds. The summed E-state index contributed by atoms with van der Waals surface area (Å²) in [5.74, 6) is 0.257. The number of furan rings is 1. The Hall–Kier alpha value is -2.11. The first-order chi connectivity index (χ1) is 9.74. The van der Waals surface area contributed by atoms with Crippen LogP contribution in [0.1, 0.15) is 27.7 Å². The van der Waals surface area contributed by atoms with Crippen LogP contribution in [0, 0.1) is 0 Å². The third-order valence-electron chi connectivity index (χ3n) is 2.87. The van der Waals surface area contributed by atoms with Crippen LogP contribution in [0.3, 0.4) is 0 Å². The molecule has 0 aliphatic heterocycles. The first-order valence-electron chi connectivity index (χ1n) is 6.27. The second-order valence-corrected chi connectivity index (χ2v) is 4.36. The molecule has 1 aromatic carbocycles. The van der Waals surface area contributed by atoms with E-state index in [0.717, 1.165) is 5.56 Å². The molecule has 1 aromatic heterocycles. The van der Waals surface area contributed by atoms with Gasteiger partial charge in [0.1, 0.15) is 11.8 Å². The molecule has 20 heavy (non-hydrogen) atoms. The zero-order chi connectivity index (χ0) is 14.4. The van der Waals surface area contributed by atoms with Gasteiger partial charge in [0.15, 0.2) is 0 Å². The molecule has 0 radical (unpaired) electrons. The van der Waals surface area contributed by atoms with Crippen molar-refractivity contribution >= 4 is 5.91 Å². The number of hydrogen-bond donors (Lipinski definition) is 2. The van der Waals surface area contributed by atoms with E-state index < -0.39 is 6.04 Å². The maximum Gasteiger partial charge on any atom is 0.251 e. The highest BCUT2D eigenvalue weighted by Gasteiger charge is 2.17. The predicted octanol–water partition coefficient (Wildman–Crippen LogP) is 1.89. The van der Waals surface area contributed by atoms with Crippen LogP contribution in [0.4, 0.5) is 0 Å². The molecule has 1 atom stereocenters. The molecule has 1 heterocycles. The minimum atomic E-state index is -0.552. The van der Waals surface area contributed by atoms with Crippen molar-refractivity contribution in [3.8, 4) is 0 Å². The number of benzene rings is 1. The Morgan fingerprint density at radius 2 is 2.25 bits per heavy atom. The molecular formula is C15H17NO4. The van der Waals surface area contributed by atoms with E-state index in [4.69, 9.17) is 9.15 Å². The summed E-state index contributed by atoms with van der Waals surface area (Å²) < 4.78 is 10.2. The smallest absolute Gasteiger partial charge is 0.251 e. The number of hydrogen-bond acceptors (Lipinski definition) is 4. The lowest BCUT2D eigenvalue weighted by Gasteiger charge is -2.14. The van der Waals surface area contributed by atoms with Gasteiger partial charge in [0.05, 0.1) is 19.5 Å². The molecule has 0 saturated carbocycles. The summed E-state index contributed by atoms with van der Waals surface area (Å²) in [4.78, 5) is 12.2. The lowest BCUT2D eigenvalue weighted by Crippen LogP contribution is -2.30. The summed E-state index contributed by atoms with van der Waals surface area (Å²) in [6.07, 6.45) is 1.50. The second kappa shape index (κ2) is 6.88. The SMILES string of the molecule is COCc1cccc(C(=O)NC(CO)c2ccco2)c1. The first kappa shape index (κ1) is 14.3. The molecule has 0 fully saturated rings. The fraction of sp³-hybridized carbons (Fsp3) is 0.267. The molecule has 0 aliphatic rings. The van der Waals surface area contributed by atoms with Crippen LogP contribution in [0.5, 0.6) is 0 Å². The van der Waals surface area contributed by atoms with Gasteiger partial charge >= 0.3 is 0 Å². The summed E-state index contributed by atoms with van der Waals surface area (Å²) in [5.41, 5.74) is 1.43. The number of aliphatic hydroxyl groups is 1. The molecular weight excluding hydrogens is 258 g/mol. The average Bonchev–Trinajstić information content (AvgIpc) is 2.99. The average molecular weight is 275 g/mol. The van der Waals surface area contributed by atoms with Crippen molar-refractivity contribution in [3.05, 3.63) is 59.5 Å². The summed E-state index contributed by atoms with van der Waals surface area (Å²) >= 11 is 0. The van der Waals surface area contributed by atoms with E-state index in [0.29, 0.717) is 17.9 Å². The second-order valence-electron chi connectivity index (χ2n) is 4.36. The number of carbonyl (C=O) groups excluding carboxylic acids is 1. The molecule has 106 valence electrons. The summed E-state index contributed by atoms with van der Waals surface area (Å²) in [6.45, 7) is 0.222. The molecule has 2 N–H and O–H groups in total. The minimum absolute atomic E-state index is 0.225. The Labute approximate surface area is 117 Å². The third-order valence-corrected chi connectivity index (χ3v) is 2.87. The quantitative estimate of drug-likeness (QED) is 0.844. The Morgan fingerprint density at radius 1 is 1.40 bits per heavy atom. The Morgan fingerprint density at radius 3 is 2.90 bits per heavy atom. The fourth-order valence-electron chi connectivity index (χ4n) is 1.91. The predicted molar refractivity (Wildman–Crippen MR) is 73.2 cm³/mol.